The maximum absolute atomic E-state index is 12.7. The molecular formula is C22H28N4O3. The van der Waals surface area contributed by atoms with E-state index in [4.69, 9.17) is 0 Å². The summed E-state index contributed by atoms with van der Waals surface area (Å²) in [6, 6.07) is 12.7. The van der Waals surface area contributed by atoms with Crippen molar-refractivity contribution < 1.29 is 14.4 Å². The number of hydrogen-bond acceptors (Lipinski definition) is 4. The summed E-state index contributed by atoms with van der Waals surface area (Å²) in [5, 5.41) is 8.13. The van der Waals surface area contributed by atoms with Crippen LogP contribution in [0.4, 0.5) is 22.7 Å². The predicted molar refractivity (Wildman–Crippen MR) is 118 cm³/mol. The first-order valence-corrected chi connectivity index (χ1v) is 9.58. The van der Waals surface area contributed by atoms with Crippen molar-refractivity contribution in [2.45, 2.75) is 40.7 Å². The van der Waals surface area contributed by atoms with E-state index in [1.165, 1.54) is 13.8 Å². The Bertz CT molecular complexity index is 857. The molecule has 0 radical (unpaired) electrons. The van der Waals surface area contributed by atoms with Gasteiger partial charge in [-0.3, -0.25) is 14.4 Å². The normalized spacial score (nSPS) is 10.4. The molecule has 0 heterocycles. The molecule has 2 aromatic rings. The Morgan fingerprint density at radius 3 is 1.76 bits per heavy atom. The molecule has 29 heavy (non-hydrogen) atoms. The quantitative estimate of drug-likeness (QED) is 0.657. The molecule has 0 saturated carbocycles. The molecule has 154 valence electrons. The van der Waals surface area contributed by atoms with Crippen molar-refractivity contribution in [3.8, 4) is 0 Å². The van der Waals surface area contributed by atoms with Gasteiger partial charge in [0.1, 0.15) is 0 Å². The van der Waals surface area contributed by atoms with Crippen LogP contribution in [0.5, 0.6) is 0 Å². The van der Waals surface area contributed by atoms with Gasteiger partial charge in [0, 0.05) is 54.7 Å². The Morgan fingerprint density at radius 1 is 0.828 bits per heavy atom. The number of nitrogens with zero attached hydrogens (tertiary/aromatic N) is 1. The molecule has 0 bridgehead atoms. The molecule has 0 aliphatic heterocycles. The molecule has 0 atom stereocenters. The Morgan fingerprint density at radius 2 is 1.34 bits per heavy atom. The van der Waals surface area contributed by atoms with E-state index >= 15 is 0 Å². The Labute approximate surface area is 171 Å². The van der Waals surface area contributed by atoms with Gasteiger partial charge in [-0.05, 0) is 63.2 Å². The van der Waals surface area contributed by atoms with Gasteiger partial charge in [-0.25, -0.2) is 0 Å². The fourth-order valence-electron chi connectivity index (χ4n) is 3.09. The molecule has 0 aliphatic carbocycles. The van der Waals surface area contributed by atoms with Gasteiger partial charge in [0.2, 0.25) is 11.8 Å². The lowest BCUT2D eigenvalue weighted by molar-refractivity contribution is -0.115. The zero-order valence-electron chi connectivity index (χ0n) is 17.5. The lowest BCUT2D eigenvalue weighted by Crippen LogP contribution is -2.30. The fourth-order valence-corrected chi connectivity index (χ4v) is 3.09. The first-order chi connectivity index (χ1) is 13.7. The van der Waals surface area contributed by atoms with Crippen LogP contribution in [0.15, 0.2) is 42.5 Å². The second-order valence-electron chi connectivity index (χ2n) is 7.04. The standard InChI is InChI=1S/C22H28N4O3/c1-6-26(14(2)3)21-9-7-18(8-10-21)25-22(29)17-11-19(23-15(4)27)13-20(12-17)24-16(5)28/h7-14H,6H2,1-5H3,(H,23,27)(H,24,28)(H,25,29). The molecule has 3 amide bonds. The minimum atomic E-state index is -0.340. The largest absolute Gasteiger partial charge is 0.369 e. The summed E-state index contributed by atoms with van der Waals surface area (Å²) in [5.74, 6) is -0.872. The number of hydrogen-bond donors (Lipinski definition) is 3. The molecule has 0 saturated heterocycles. The molecule has 2 rings (SSSR count). The van der Waals surface area contributed by atoms with Crippen molar-refractivity contribution in [1.82, 2.24) is 0 Å². The molecule has 7 heteroatoms. The van der Waals surface area contributed by atoms with E-state index < -0.39 is 0 Å². The van der Waals surface area contributed by atoms with Gasteiger partial charge in [-0.2, -0.15) is 0 Å². The summed E-state index contributed by atoms with van der Waals surface area (Å²) in [7, 11) is 0. The first kappa shape index (κ1) is 21.9. The van der Waals surface area contributed by atoms with Crippen LogP contribution in [-0.2, 0) is 9.59 Å². The average Bonchev–Trinajstić information content (AvgIpc) is 2.62. The number of benzene rings is 2. The van der Waals surface area contributed by atoms with Crippen molar-refractivity contribution >= 4 is 40.5 Å². The van der Waals surface area contributed by atoms with E-state index in [-0.39, 0.29) is 17.7 Å². The highest BCUT2D eigenvalue weighted by Gasteiger charge is 2.12. The monoisotopic (exact) mass is 396 g/mol. The summed E-state index contributed by atoms with van der Waals surface area (Å²) in [6.45, 7) is 10.0. The van der Waals surface area contributed by atoms with E-state index in [0.717, 1.165) is 12.2 Å². The summed E-state index contributed by atoms with van der Waals surface area (Å²) in [6.07, 6.45) is 0. The Balaban J connectivity index is 2.22. The van der Waals surface area contributed by atoms with E-state index in [9.17, 15) is 14.4 Å². The van der Waals surface area contributed by atoms with Gasteiger partial charge in [-0.1, -0.05) is 0 Å². The first-order valence-electron chi connectivity index (χ1n) is 9.58. The number of anilines is 4. The number of rotatable bonds is 7. The van der Waals surface area contributed by atoms with Gasteiger partial charge in [-0.15, -0.1) is 0 Å². The maximum Gasteiger partial charge on any atom is 0.255 e. The zero-order valence-corrected chi connectivity index (χ0v) is 17.5. The number of amides is 3. The van der Waals surface area contributed by atoms with Crippen molar-refractivity contribution in [3.05, 3.63) is 48.0 Å². The Kier molecular flexibility index (Phi) is 7.36. The van der Waals surface area contributed by atoms with Gasteiger partial charge in [0.15, 0.2) is 0 Å². The number of carbonyl (C=O) groups excluding carboxylic acids is 3. The van der Waals surface area contributed by atoms with Crippen LogP contribution < -0.4 is 20.9 Å². The SMILES string of the molecule is CCN(c1ccc(NC(=O)c2cc(NC(C)=O)cc(NC(C)=O)c2)cc1)C(C)C. The van der Waals surface area contributed by atoms with E-state index in [0.29, 0.717) is 28.7 Å². The molecule has 0 spiro atoms. The second-order valence-corrected chi connectivity index (χ2v) is 7.04. The third-order valence-electron chi connectivity index (χ3n) is 4.26. The van der Waals surface area contributed by atoms with E-state index in [1.807, 2.05) is 24.3 Å². The predicted octanol–water partition coefficient (Wildman–Crippen LogP) is 4.09. The van der Waals surface area contributed by atoms with Crippen LogP contribution in [0, 0.1) is 0 Å². The summed E-state index contributed by atoms with van der Waals surface area (Å²) < 4.78 is 0. The van der Waals surface area contributed by atoms with Crippen LogP contribution in [0.2, 0.25) is 0 Å². The molecule has 2 aromatic carbocycles. The van der Waals surface area contributed by atoms with Gasteiger partial charge >= 0.3 is 0 Å². The minimum absolute atomic E-state index is 0.266. The van der Waals surface area contributed by atoms with Crippen LogP contribution in [-0.4, -0.2) is 30.3 Å². The lowest BCUT2D eigenvalue weighted by atomic mass is 10.1. The molecule has 0 aromatic heterocycles. The molecule has 0 aliphatic rings. The highest BCUT2D eigenvalue weighted by molar-refractivity contribution is 6.06. The maximum atomic E-state index is 12.7. The van der Waals surface area contributed by atoms with E-state index in [1.54, 1.807) is 18.2 Å². The molecular weight excluding hydrogens is 368 g/mol. The van der Waals surface area contributed by atoms with Crippen LogP contribution in [0.1, 0.15) is 45.0 Å². The van der Waals surface area contributed by atoms with E-state index in [2.05, 4.69) is 41.6 Å². The number of carbonyl (C=O) groups is 3. The number of nitrogens with one attached hydrogen (secondary N) is 3. The topological polar surface area (TPSA) is 90.5 Å². The van der Waals surface area contributed by atoms with Gasteiger partial charge in [0.25, 0.3) is 5.91 Å². The van der Waals surface area contributed by atoms with Crippen molar-refractivity contribution in [2.75, 3.05) is 27.4 Å². The summed E-state index contributed by atoms with van der Waals surface area (Å²) in [4.78, 5) is 37.7. The lowest BCUT2D eigenvalue weighted by Gasteiger charge is -2.27. The molecule has 3 N–H and O–H groups in total. The second kappa shape index (κ2) is 9.73. The smallest absolute Gasteiger partial charge is 0.255 e. The highest BCUT2D eigenvalue weighted by atomic mass is 16.2. The van der Waals surface area contributed by atoms with Crippen molar-refractivity contribution in [2.24, 2.45) is 0 Å². The van der Waals surface area contributed by atoms with Crippen LogP contribution in [0.3, 0.4) is 0 Å². The summed E-state index contributed by atoms with van der Waals surface area (Å²) >= 11 is 0. The Hall–Kier alpha value is -3.35. The fraction of sp³-hybridized carbons (Fsp3) is 0.318. The van der Waals surface area contributed by atoms with Crippen molar-refractivity contribution in [1.29, 1.82) is 0 Å². The molecule has 0 unspecified atom stereocenters. The van der Waals surface area contributed by atoms with Crippen molar-refractivity contribution in [3.63, 3.8) is 0 Å². The summed E-state index contributed by atoms with van der Waals surface area (Å²) in [5.41, 5.74) is 2.92. The molecule has 0 fully saturated rings. The average molecular weight is 396 g/mol. The van der Waals surface area contributed by atoms with Gasteiger partial charge in [0.05, 0.1) is 0 Å². The third kappa shape index (κ3) is 6.34. The molecule has 7 nitrogen and oxygen atoms in total. The zero-order chi connectivity index (χ0) is 21.6. The third-order valence-corrected chi connectivity index (χ3v) is 4.26. The van der Waals surface area contributed by atoms with Crippen LogP contribution >= 0.6 is 0 Å². The van der Waals surface area contributed by atoms with Gasteiger partial charge < -0.3 is 20.9 Å². The van der Waals surface area contributed by atoms with Crippen LogP contribution in [0.25, 0.3) is 0 Å². The highest BCUT2D eigenvalue weighted by Crippen LogP contribution is 2.23. The minimum Gasteiger partial charge on any atom is -0.369 e.